The molecule has 0 spiro atoms. The van der Waals surface area contributed by atoms with Crippen LogP contribution < -0.4 is 26.6 Å². The Labute approximate surface area is 625 Å². The van der Waals surface area contributed by atoms with E-state index in [9.17, 15) is 39.6 Å². The Balaban J connectivity index is 0.000000161. The molecule has 9 heterocycles. The molecule has 520 valence electrons. The van der Waals surface area contributed by atoms with Gasteiger partial charge in [-0.25, -0.2) is 40.2 Å². The Morgan fingerprint density at radius 1 is 0.545 bits per heavy atom. The minimum Gasteiger partial charge on any atom is -0.369 e. The number of pyridine rings is 3. The van der Waals surface area contributed by atoms with Crippen molar-refractivity contribution in [3.8, 4) is 0 Å². The number of anilines is 4. The van der Waals surface area contributed by atoms with Crippen molar-refractivity contribution < 1.29 is 39.6 Å². The SMILES string of the molecule is CC1CS(=O)(=O)c2cc(NC(=O)c3cnc(Sc4c(Cl)cncc4Cl)s3)ccc21.CN(C)CCCNC1CS(=O)(=O)c2cc(NC(=O)c3cnc(Sc4c(Cl)cncc4Cl)s3)ccc21.CN(C)CCCNc1ncc(Cl)c(Sc2nnc(C(=O)Nc3ccc4c(c3)S(=O)(=O)C=C4)s2)c1Cl. The fraction of sp³-hybridized carbons (Fsp3) is 0.246. The van der Waals surface area contributed by atoms with Crippen LogP contribution in [-0.4, -0.2) is 154 Å². The van der Waals surface area contributed by atoms with E-state index in [2.05, 4.69) is 71.5 Å². The number of halogens is 6. The van der Waals surface area contributed by atoms with Gasteiger partial charge in [-0.05, 0) is 126 Å². The number of hydrogen-bond acceptors (Lipinski definition) is 26. The first-order chi connectivity index (χ1) is 47.0. The van der Waals surface area contributed by atoms with Gasteiger partial charge in [0.05, 0.1) is 83.4 Å². The lowest BCUT2D eigenvalue weighted by atomic mass is 10.0. The second-order valence-electron chi connectivity index (χ2n) is 22.3. The summed E-state index contributed by atoms with van der Waals surface area (Å²) in [5.74, 6) is -0.687. The maximum Gasteiger partial charge on any atom is 0.286 e. The molecule has 0 aliphatic carbocycles. The van der Waals surface area contributed by atoms with Gasteiger partial charge in [0.25, 0.3) is 17.7 Å². The topological polar surface area (TPSA) is 310 Å². The van der Waals surface area contributed by atoms with Gasteiger partial charge in [0, 0.05) is 66.0 Å². The molecule has 0 radical (unpaired) electrons. The lowest BCUT2D eigenvalue weighted by Crippen LogP contribution is -2.26. The van der Waals surface area contributed by atoms with Crippen molar-refractivity contribution in [3.05, 3.63) is 165 Å². The zero-order chi connectivity index (χ0) is 71.1. The Kier molecular flexibility index (Phi) is 25.5. The summed E-state index contributed by atoms with van der Waals surface area (Å²) in [4.78, 5) is 66.0. The van der Waals surface area contributed by atoms with Crippen LogP contribution in [0.25, 0.3) is 6.08 Å². The van der Waals surface area contributed by atoms with E-state index in [-0.39, 0.29) is 55.0 Å². The third kappa shape index (κ3) is 19.4. The lowest BCUT2D eigenvalue weighted by Gasteiger charge is -2.14. The summed E-state index contributed by atoms with van der Waals surface area (Å²) in [6.07, 6.45) is 13.7. The van der Waals surface area contributed by atoms with Crippen molar-refractivity contribution in [1.82, 2.24) is 50.2 Å². The summed E-state index contributed by atoms with van der Waals surface area (Å²) >= 11 is 44.5. The summed E-state index contributed by atoms with van der Waals surface area (Å²) in [6.45, 7) is 5.13. The van der Waals surface area contributed by atoms with Crippen LogP contribution in [0.4, 0.5) is 22.9 Å². The monoisotopic (exact) mass is 1630 g/mol. The van der Waals surface area contributed by atoms with Gasteiger partial charge in [0.1, 0.15) is 15.6 Å². The molecule has 99 heavy (non-hydrogen) atoms. The van der Waals surface area contributed by atoms with Crippen LogP contribution in [0, 0.1) is 0 Å². The molecular formula is C61H56Cl6N14O9S9. The smallest absolute Gasteiger partial charge is 0.286 e. The summed E-state index contributed by atoms with van der Waals surface area (Å²) < 4.78 is 75.8. The molecular weight excluding hydrogens is 1570 g/mol. The molecule has 3 aromatic carbocycles. The van der Waals surface area contributed by atoms with Gasteiger partial charge in [0.2, 0.25) is 14.8 Å². The van der Waals surface area contributed by atoms with E-state index < -0.39 is 35.4 Å². The van der Waals surface area contributed by atoms with E-state index in [1.54, 1.807) is 36.4 Å². The Morgan fingerprint density at radius 2 is 1.03 bits per heavy atom. The maximum absolute atomic E-state index is 12.8. The fourth-order valence-electron chi connectivity index (χ4n) is 9.70. The predicted octanol–water partition coefficient (Wildman–Crippen LogP) is 14.5. The Hall–Kier alpha value is -5.60. The van der Waals surface area contributed by atoms with Crippen LogP contribution >= 0.6 is 139 Å². The first kappa shape index (κ1) is 76.0. The highest BCUT2D eigenvalue weighted by Gasteiger charge is 2.36. The average molecular weight is 1630 g/mol. The summed E-state index contributed by atoms with van der Waals surface area (Å²) in [5, 5.41) is 26.3. The van der Waals surface area contributed by atoms with E-state index in [1.807, 2.05) is 35.1 Å². The molecule has 3 aliphatic rings. The number of amides is 3. The largest absolute Gasteiger partial charge is 0.369 e. The third-order valence-corrected chi connectivity index (χ3v) is 28.6. The Morgan fingerprint density at radius 3 is 1.60 bits per heavy atom. The molecule has 12 rings (SSSR count). The zero-order valence-corrected chi connectivity index (χ0v) is 64.2. The van der Waals surface area contributed by atoms with E-state index >= 15 is 0 Å². The minimum absolute atomic E-state index is 0.0112. The average Bonchev–Trinajstić information content (AvgIpc) is 1.63. The molecule has 6 aromatic heterocycles. The number of aromatic nitrogens is 7. The number of carbonyl (C=O) groups excluding carboxylic acids is 3. The van der Waals surface area contributed by atoms with Crippen LogP contribution in [0.2, 0.25) is 30.1 Å². The van der Waals surface area contributed by atoms with E-state index in [0.29, 0.717) is 103 Å². The number of nitrogens with one attached hydrogen (secondary N) is 5. The van der Waals surface area contributed by atoms with Gasteiger partial charge in [0.15, 0.2) is 32.7 Å². The molecule has 5 N–H and O–H groups in total. The van der Waals surface area contributed by atoms with Crippen molar-refractivity contribution in [3.63, 3.8) is 0 Å². The molecule has 0 fully saturated rings. The summed E-state index contributed by atoms with van der Waals surface area (Å²) in [6, 6.07) is 14.4. The Bertz CT molecular complexity index is 4910. The van der Waals surface area contributed by atoms with E-state index in [1.165, 1.54) is 126 Å². The summed E-state index contributed by atoms with van der Waals surface area (Å²) in [5.41, 5.74) is 3.27. The van der Waals surface area contributed by atoms with Crippen molar-refractivity contribution in [2.75, 3.05) is 87.1 Å². The number of thiazole rings is 2. The highest BCUT2D eigenvalue weighted by atomic mass is 35.5. The molecule has 38 heteroatoms. The lowest BCUT2D eigenvalue weighted by molar-refractivity contribution is 0.101. The second-order valence-corrected chi connectivity index (χ2v) is 37.3. The van der Waals surface area contributed by atoms with Crippen molar-refractivity contribution in [2.45, 2.75) is 74.1 Å². The molecule has 3 aliphatic heterocycles. The fourth-order valence-corrected chi connectivity index (χ4v) is 21.8. The quantitative estimate of drug-likeness (QED) is 0.0394. The van der Waals surface area contributed by atoms with Crippen molar-refractivity contribution in [1.29, 1.82) is 0 Å². The third-order valence-electron chi connectivity index (χ3n) is 14.4. The standard InChI is InChI=1S/C22H23Cl2N5O3S3.C21H20Cl2N6O3S3.C18H13Cl2N3O3S3/c1-29(2)7-3-6-26-17-12-35(31,32)19-8-13(4-5-14(17)19)28-21(30)18-11-27-22(33-18)34-20-15(23)9-25-10-16(20)24;1-29(2)8-3-7-24-18-16(23)17(14(22)11-25-18)33-21-28-27-20(34-21)19(30)26-13-5-4-12-6-9-35(31,32)15(12)10-13;1-9-8-29(25,26)15-4-10(2-3-11(9)15)23-17(24)14-7-22-18(27-14)28-16-12(19)5-21-6-13(16)20/h4-5,8-11,17,26H,3,6-7,12H2,1-2H3,(H,28,30);4-6,9-11H,3,7-8H2,1-2H3,(H,24,25)(H,26,30);2-7,9H,8H2,1H3,(H,23,24). The number of fused-ring (bicyclic) bond motifs is 3. The van der Waals surface area contributed by atoms with Gasteiger partial charge in [-0.1, -0.05) is 141 Å². The number of rotatable bonds is 22. The van der Waals surface area contributed by atoms with Crippen LogP contribution in [-0.2, 0) is 29.5 Å². The maximum atomic E-state index is 12.8. The first-order valence-electron chi connectivity index (χ1n) is 29.2. The zero-order valence-electron chi connectivity index (χ0n) is 52.3. The van der Waals surface area contributed by atoms with Crippen LogP contribution in [0.1, 0.15) is 77.6 Å². The molecule has 23 nitrogen and oxygen atoms in total. The van der Waals surface area contributed by atoms with Gasteiger partial charge >= 0.3 is 0 Å². The molecule has 0 saturated heterocycles. The van der Waals surface area contributed by atoms with Crippen LogP contribution in [0.3, 0.4) is 0 Å². The molecule has 9 aromatic rings. The first-order valence-corrected chi connectivity index (χ1v) is 41.3. The van der Waals surface area contributed by atoms with Crippen LogP contribution in [0.5, 0.6) is 0 Å². The van der Waals surface area contributed by atoms with Crippen molar-refractivity contribution in [2.24, 2.45) is 0 Å². The number of carbonyl (C=O) groups is 3. The molecule has 3 amide bonds. The minimum atomic E-state index is -3.48. The normalized spacial score (nSPS) is 15.7. The van der Waals surface area contributed by atoms with Gasteiger partial charge in [-0.3, -0.25) is 24.4 Å². The molecule has 2 unspecified atom stereocenters. The van der Waals surface area contributed by atoms with E-state index in [4.69, 9.17) is 69.6 Å². The van der Waals surface area contributed by atoms with Gasteiger partial charge < -0.3 is 36.4 Å². The molecule has 0 saturated carbocycles. The highest BCUT2D eigenvalue weighted by molar-refractivity contribution is 8.02. The van der Waals surface area contributed by atoms with Gasteiger partial charge in [-0.2, -0.15) is 0 Å². The number of benzene rings is 3. The second kappa shape index (κ2) is 33.2. The predicted molar refractivity (Wildman–Crippen MR) is 397 cm³/mol. The number of nitrogens with zero attached hydrogens (tertiary/aromatic N) is 9. The van der Waals surface area contributed by atoms with Crippen molar-refractivity contribution >= 4 is 215 Å². The van der Waals surface area contributed by atoms with Crippen LogP contribution in [0.15, 0.2) is 146 Å². The summed E-state index contributed by atoms with van der Waals surface area (Å²) in [7, 11) is -2.21. The molecule has 2 atom stereocenters. The van der Waals surface area contributed by atoms with E-state index in [0.717, 1.165) is 60.3 Å². The highest BCUT2D eigenvalue weighted by Crippen LogP contribution is 2.45. The van der Waals surface area contributed by atoms with Gasteiger partial charge in [-0.15, -0.1) is 32.9 Å². The molecule has 0 bridgehead atoms. The number of sulfone groups is 3. The number of hydrogen-bond donors (Lipinski definition) is 5.